The van der Waals surface area contributed by atoms with Crippen LogP contribution in [0.25, 0.3) is 0 Å². The van der Waals surface area contributed by atoms with Crippen LogP contribution >= 0.6 is 11.3 Å². The highest BCUT2D eigenvalue weighted by atomic mass is 32.2. The molecule has 0 aromatic carbocycles. The zero-order valence-electron chi connectivity index (χ0n) is 12.5. The van der Waals surface area contributed by atoms with Crippen LogP contribution in [0.1, 0.15) is 29.5 Å². The van der Waals surface area contributed by atoms with Gasteiger partial charge >= 0.3 is 0 Å². The molecule has 0 radical (unpaired) electrons. The molecule has 0 saturated carbocycles. The first kappa shape index (κ1) is 15.9. The molecular weight excluding hydrogens is 292 g/mol. The summed E-state index contributed by atoms with van der Waals surface area (Å²) < 4.78 is 27.2. The molecule has 6 heteroatoms. The van der Waals surface area contributed by atoms with Crippen LogP contribution in [0.5, 0.6) is 0 Å². The summed E-state index contributed by atoms with van der Waals surface area (Å²) in [5.41, 5.74) is 0. The summed E-state index contributed by atoms with van der Waals surface area (Å²) >= 11 is 1.55. The van der Waals surface area contributed by atoms with Gasteiger partial charge in [-0.15, -0.1) is 11.3 Å². The molecule has 1 aliphatic heterocycles. The van der Waals surface area contributed by atoms with Crippen LogP contribution in [-0.2, 0) is 10.0 Å². The zero-order chi connectivity index (χ0) is 14.8. The molecule has 1 N–H and O–H groups in total. The predicted molar refractivity (Wildman–Crippen MR) is 83.8 cm³/mol. The van der Waals surface area contributed by atoms with Crippen molar-refractivity contribution in [2.24, 2.45) is 5.92 Å². The second-order valence-electron chi connectivity index (χ2n) is 5.45. The van der Waals surface area contributed by atoms with E-state index in [0.717, 1.165) is 35.7 Å². The van der Waals surface area contributed by atoms with Crippen LogP contribution in [0.2, 0.25) is 0 Å². The Morgan fingerprint density at radius 3 is 2.70 bits per heavy atom. The van der Waals surface area contributed by atoms with Crippen molar-refractivity contribution in [3.05, 3.63) is 15.8 Å². The molecule has 0 bridgehead atoms. The molecule has 0 aliphatic carbocycles. The van der Waals surface area contributed by atoms with Gasteiger partial charge in [0.05, 0.1) is 4.90 Å². The fourth-order valence-corrected chi connectivity index (χ4v) is 5.82. The molecule has 1 unspecified atom stereocenters. The first-order chi connectivity index (χ1) is 9.45. The Morgan fingerprint density at radius 1 is 1.45 bits per heavy atom. The first-order valence-corrected chi connectivity index (χ1v) is 9.48. The fraction of sp³-hybridized carbons (Fsp3) is 0.714. The molecule has 1 aliphatic rings. The van der Waals surface area contributed by atoms with E-state index in [4.69, 9.17) is 0 Å². The van der Waals surface area contributed by atoms with Crippen LogP contribution in [0.3, 0.4) is 0 Å². The van der Waals surface area contributed by atoms with E-state index in [1.807, 2.05) is 20.8 Å². The van der Waals surface area contributed by atoms with Crippen LogP contribution in [0.4, 0.5) is 0 Å². The van der Waals surface area contributed by atoms with Gasteiger partial charge in [-0.1, -0.05) is 6.92 Å². The van der Waals surface area contributed by atoms with E-state index < -0.39 is 10.0 Å². The predicted octanol–water partition coefficient (Wildman–Crippen LogP) is 2.38. The lowest BCUT2D eigenvalue weighted by molar-refractivity contribution is 0.298. The van der Waals surface area contributed by atoms with Crippen LogP contribution in [-0.4, -0.2) is 38.9 Å². The van der Waals surface area contributed by atoms with Crippen molar-refractivity contribution in [3.8, 4) is 0 Å². The van der Waals surface area contributed by atoms with Gasteiger partial charge in [0.2, 0.25) is 10.0 Å². The maximum atomic E-state index is 12.8. The summed E-state index contributed by atoms with van der Waals surface area (Å²) in [4.78, 5) is 2.43. The smallest absolute Gasteiger partial charge is 0.244 e. The first-order valence-electron chi connectivity index (χ1n) is 7.23. The highest BCUT2D eigenvalue weighted by Gasteiger charge is 2.28. The highest BCUT2D eigenvalue weighted by Crippen LogP contribution is 2.28. The van der Waals surface area contributed by atoms with Gasteiger partial charge in [0.25, 0.3) is 0 Å². The molecule has 20 heavy (non-hydrogen) atoms. The van der Waals surface area contributed by atoms with E-state index in [1.54, 1.807) is 21.7 Å². The number of nitrogens with zero attached hydrogens (tertiary/aromatic N) is 1. The lowest BCUT2D eigenvalue weighted by Gasteiger charge is -2.28. The van der Waals surface area contributed by atoms with Gasteiger partial charge in [0.1, 0.15) is 0 Å². The third kappa shape index (κ3) is 3.42. The lowest BCUT2D eigenvalue weighted by Crippen LogP contribution is -2.41. The largest absolute Gasteiger partial charge is 0.316 e. The van der Waals surface area contributed by atoms with Crippen molar-refractivity contribution in [2.45, 2.75) is 38.5 Å². The number of thiophene rings is 1. The van der Waals surface area contributed by atoms with E-state index in [1.165, 1.54) is 0 Å². The molecule has 1 aromatic rings. The van der Waals surface area contributed by atoms with Crippen LogP contribution in [0, 0.1) is 19.8 Å². The maximum Gasteiger partial charge on any atom is 0.244 e. The molecule has 4 nitrogen and oxygen atoms in total. The van der Waals surface area contributed by atoms with E-state index >= 15 is 0 Å². The average Bonchev–Trinajstić information content (AvgIpc) is 2.76. The van der Waals surface area contributed by atoms with Crippen molar-refractivity contribution in [1.29, 1.82) is 0 Å². The summed E-state index contributed by atoms with van der Waals surface area (Å²) in [6.07, 6.45) is 2.25. The number of piperidine rings is 1. The van der Waals surface area contributed by atoms with Crippen LogP contribution < -0.4 is 5.32 Å². The Morgan fingerprint density at radius 2 is 2.20 bits per heavy atom. The van der Waals surface area contributed by atoms with Crippen molar-refractivity contribution < 1.29 is 8.42 Å². The van der Waals surface area contributed by atoms with Gasteiger partial charge < -0.3 is 5.32 Å². The minimum absolute atomic E-state index is 0.429. The number of nitrogens with one attached hydrogen (secondary N) is 1. The number of hydrogen-bond donors (Lipinski definition) is 1. The molecule has 1 saturated heterocycles. The monoisotopic (exact) mass is 316 g/mol. The van der Waals surface area contributed by atoms with Crippen molar-refractivity contribution in [2.75, 3.05) is 26.2 Å². The number of sulfonamides is 1. The number of hydrogen-bond acceptors (Lipinski definition) is 4. The Kier molecular flexibility index (Phi) is 5.23. The van der Waals surface area contributed by atoms with Gasteiger partial charge in [-0.05, 0) is 51.8 Å². The second kappa shape index (κ2) is 6.56. The Bertz CT molecular complexity index is 546. The average molecular weight is 316 g/mol. The summed E-state index contributed by atoms with van der Waals surface area (Å²) in [5.74, 6) is 0.429. The van der Waals surface area contributed by atoms with Gasteiger partial charge in [-0.3, -0.25) is 0 Å². The minimum Gasteiger partial charge on any atom is -0.316 e. The van der Waals surface area contributed by atoms with Crippen molar-refractivity contribution in [3.63, 3.8) is 0 Å². The van der Waals surface area contributed by atoms with Gasteiger partial charge in [-0.2, -0.15) is 4.31 Å². The zero-order valence-corrected chi connectivity index (χ0v) is 14.1. The topological polar surface area (TPSA) is 49.4 Å². The van der Waals surface area contributed by atoms with E-state index in [9.17, 15) is 8.42 Å². The van der Waals surface area contributed by atoms with Gasteiger partial charge in [-0.25, -0.2) is 8.42 Å². The van der Waals surface area contributed by atoms with E-state index in [2.05, 4.69) is 5.32 Å². The Balaban J connectivity index is 2.18. The number of aryl methyl sites for hydroxylation is 2. The van der Waals surface area contributed by atoms with Crippen molar-refractivity contribution in [1.82, 2.24) is 9.62 Å². The van der Waals surface area contributed by atoms with Crippen LogP contribution in [0.15, 0.2) is 11.0 Å². The fourth-order valence-electron chi connectivity index (χ4n) is 2.77. The van der Waals surface area contributed by atoms with Gasteiger partial charge in [0.15, 0.2) is 0 Å². The molecule has 2 rings (SSSR count). The molecule has 0 amide bonds. The minimum atomic E-state index is -3.34. The maximum absolute atomic E-state index is 12.8. The molecule has 1 aromatic heterocycles. The van der Waals surface area contributed by atoms with E-state index in [0.29, 0.717) is 23.9 Å². The highest BCUT2D eigenvalue weighted by molar-refractivity contribution is 7.89. The third-order valence-corrected chi connectivity index (χ3v) is 6.99. The molecular formula is C14H24N2O2S2. The molecule has 1 fully saturated rings. The van der Waals surface area contributed by atoms with Crippen molar-refractivity contribution >= 4 is 21.4 Å². The standard InChI is InChI=1S/C14H24N2O2S2/c1-4-16(10-13-6-5-7-15-9-13)20(17,18)14-8-11(2)19-12(14)3/h8,13,15H,4-7,9-10H2,1-3H3. The Labute approximate surface area is 126 Å². The Hall–Kier alpha value is -0.430. The molecule has 114 valence electrons. The van der Waals surface area contributed by atoms with E-state index in [-0.39, 0.29) is 0 Å². The second-order valence-corrected chi connectivity index (χ2v) is 8.81. The van der Waals surface area contributed by atoms with Gasteiger partial charge in [0, 0.05) is 22.8 Å². The molecule has 0 spiro atoms. The number of rotatable bonds is 5. The normalized spacial score (nSPS) is 20.5. The quantitative estimate of drug-likeness (QED) is 0.907. The lowest BCUT2D eigenvalue weighted by atomic mass is 10.00. The SMILES string of the molecule is CCN(CC1CCCNC1)S(=O)(=O)c1cc(C)sc1C. The molecule has 2 heterocycles. The molecule has 1 atom stereocenters. The summed E-state index contributed by atoms with van der Waals surface area (Å²) in [6.45, 7) is 8.90. The summed E-state index contributed by atoms with van der Waals surface area (Å²) in [5, 5.41) is 3.35. The summed E-state index contributed by atoms with van der Waals surface area (Å²) in [7, 11) is -3.34. The summed E-state index contributed by atoms with van der Waals surface area (Å²) in [6, 6.07) is 1.80. The third-order valence-electron chi connectivity index (χ3n) is 3.83.